The summed E-state index contributed by atoms with van der Waals surface area (Å²) in [5, 5.41) is 11.1. The number of carbonyl (C=O) groups is 1. The highest BCUT2D eigenvalue weighted by Crippen LogP contribution is 2.38. The van der Waals surface area contributed by atoms with E-state index >= 15 is 0 Å². The molecular weight excluding hydrogens is 454 g/mol. The molecule has 4 aromatic rings. The zero-order chi connectivity index (χ0) is 25.2. The minimum atomic E-state index is -0.484. The van der Waals surface area contributed by atoms with E-state index in [4.69, 9.17) is 19.6 Å². The Morgan fingerprint density at radius 3 is 2.56 bits per heavy atom. The molecule has 0 aliphatic carbocycles. The number of hydrogen-bond acceptors (Lipinski definition) is 6. The number of para-hydroxylation sites is 2. The Morgan fingerprint density at radius 2 is 1.78 bits per heavy atom. The van der Waals surface area contributed by atoms with E-state index < -0.39 is 6.04 Å². The van der Waals surface area contributed by atoms with Crippen LogP contribution in [0.5, 0.6) is 11.5 Å². The summed E-state index contributed by atoms with van der Waals surface area (Å²) in [7, 11) is 3.20. The number of nitrogens with zero attached hydrogens (tertiary/aromatic N) is 3. The smallest absolute Gasteiger partial charge is 0.255 e. The number of ether oxygens (including phenoxy) is 2. The summed E-state index contributed by atoms with van der Waals surface area (Å²) < 4.78 is 12.6. The van der Waals surface area contributed by atoms with Gasteiger partial charge in [-0.1, -0.05) is 54.1 Å². The minimum absolute atomic E-state index is 0.250. The number of nitrogens with one attached hydrogen (secondary N) is 2. The summed E-state index contributed by atoms with van der Waals surface area (Å²) in [5.74, 6) is 2.15. The van der Waals surface area contributed by atoms with Crippen LogP contribution in [0.3, 0.4) is 0 Å². The molecule has 2 heterocycles. The van der Waals surface area contributed by atoms with Gasteiger partial charge >= 0.3 is 0 Å². The predicted molar refractivity (Wildman–Crippen MR) is 139 cm³/mol. The van der Waals surface area contributed by atoms with Gasteiger partial charge in [-0.2, -0.15) is 4.98 Å². The molecule has 1 aromatic heterocycles. The molecule has 1 unspecified atom stereocenters. The summed E-state index contributed by atoms with van der Waals surface area (Å²) in [6.45, 7) is 3.91. The molecule has 36 heavy (non-hydrogen) atoms. The highest BCUT2D eigenvalue weighted by molar-refractivity contribution is 6.06. The van der Waals surface area contributed by atoms with E-state index in [9.17, 15) is 4.79 Å². The number of fused-ring (bicyclic) bond motifs is 1. The number of aromatic nitrogens is 3. The van der Waals surface area contributed by atoms with E-state index in [-0.39, 0.29) is 5.91 Å². The zero-order valence-corrected chi connectivity index (χ0v) is 20.6. The molecule has 182 valence electrons. The number of allylic oxidation sites excluding steroid dienone is 1. The first kappa shape index (κ1) is 23.2. The van der Waals surface area contributed by atoms with Gasteiger partial charge in [-0.3, -0.25) is 4.79 Å². The summed E-state index contributed by atoms with van der Waals surface area (Å²) in [4.78, 5) is 18.5. The number of rotatable bonds is 6. The van der Waals surface area contributed by atoms with Crippen LogP contribution in [-0.2, 0) is 4.79 Å². The molecule has 1 atom stereocenters. The van der Waals surface area contributed by atoms with Crippen molar-refractivity contribution in [3.05, 3.63) is 95.2 Å². The average molecular weight is 482 g/mol. The fourth-order valence-electron chi connectivity index (χ4n) is 4.42. The summed E-state index contributed by atoms with van der Waals surface area (Å²) >= 11 is 0. The summed E-state index contributed by atoms with van der Waals surface area (Å²) in [6, 6.07) is 22.5. The lowest BCUT2D eigenvalue weighted by Gasteiger charge is -2.29. The van der Waals surface area contributed by atoms with Crippen molar-refractivity contribution < 1.29 is 14.3 Å². The highest BCUT2D eigenvalue weighted by atomic mass is 16.5. The van der Waals surface area contributed by atoms with Gasteiger partial charge < -0.3 is 20.1 Å². The van der Waals surface area contributed by atoms with Crippen LogP contribution in [0.1, 0.15) is 24.1 Å². The molecule has 0 saturated heterocycles. The molecular formula is C28H27N5O3. The molecule has 8 nitrogen and oxygen atoms in total. The number of methoxy groups -OCH3 is 2. The molecule has 5 rings (SSSR count). The van der Waals surface area contributed by atoms with Crippen molar-refractivity contribution in [3.63, 3.8) is 0 Å². The van der Waals surface area contributed by atoms with Crippen LogP contribution < -0.4 is 20.1 Å². The molecule has 0 spiro atoms. The van der Waals surface area contributed by atoms with Gasteiger partial charge in [-0.15, -0.1) is 5.10 Å². The van der Waals surface area contributed by atoms with E-state index in [1.807, 2.05) is 80.6 Å². The number of benzene rings is 3. The zero-order valence-electron chi connectivity index (χ0n) is 20.6. The van der Waals surface area contributed by atoms with E-state index in [0.29, 0.717) is 34.5 Å². The molecule has 0 bridgehead atoms. The van der Waals surface area contributed by atoms with Crippen LogP contribution in [0.4, 0.5) is 11.6 Å². The fourth-order valence-corrected chi connectivity index (χ4v) is 4.42. The van der Waals surface area contributed by atoms with Crippen LogP contribution in [0.25, 0.3) is 11.4 Å². The van der Waals surface area contributed by atoms with Crippen molar-refractivity contribution >= 4 is 17.5 Å². The molecule has 3 aromatic carbocycles. The summed E-state index contributed by atoms with van der Waals surface area (Å²) in [5.41, 5.74) is 4.67. The van der Waals surface area contributed by atoms with Crippen LogP contribution in [0, 0.1) is 6.92 Å². The number of carbonyl (C=O) groups excluding carboxylic acids is 1. The van der Waals surface area contributed by atoms with Crippen LogP contribution in [-0.4, -0.2) is 34.9 Å². The molecule has 2 N–H and O–H groups in total. The molecule has 1 aliphatic heterocycles. The van der Waals surface area contributed by atoms with Crippen molar-refractivity contribution in [1.82, 2.24) is 14.8 Å². The average Bonchev–Trinajstić information content (AvgIpc) is 3.31. The molecule has 0 radical (unpaired) electrons. The Kier molecular flexibility index (Phi) is 6.16. The molecule has 1 amide bonds. The first-order chi connectivity index (χ1) is 17.5. The second-order valence-electron chi connectivity index (χ2n) is 8.57. The largest absolute Gasteiger partial charge is 0.497 e. The van der Waals surface area contributed by atoms with Crippen molar-refractivity contribution in [1.29, 1.82) is 0 Å². The SMILES string of the molecule is COc1cccc(-c2nc3n(n2)C(c2cccc(C)c2)C(C(=O)Nc2ccccc2OC)=C(C)N3)c1. The van der Waals surface area contributed by atoms with E-state index in [2.05, 4.69) is 16.7 Å². The third-order valence-corrected chi connectivity index (χ3v) is 6.14. The van der Waals surface area contributed by atoms with Gasteiger partial charge in [0.15, 0.2) is 5.82 Å². The van der Waals surface area contributed by atoms with Gasteiger partial charge in [0.2, 0.25) is 5.95 Å². The van der Waals surface area contributed by atoms with E-state index in [0.717, 1.165) is 22.4 Å². The Balaban J connectivity index is 1.60. The predicted octanol–water partition coefficient (Wildman–Crippen LogP) is 5.20. The lowest BCUT2D eigenvalue weighted by atomic mass is 9.94. The maximum absolute atomic E-state index is 13.7. The second-order valence-corrected chi connectivity index (χ2v) is 8.57. The topological polar surface area (TPSA) is 90.3 Å². The third-order valence-electron chi connectivity index (χ3n) is 6.14. The van der Waals surface area contributed by atoms with Crippen molar-refractivity contribution in [3.8, 4) is 22.9 Å². The molecule has 1 aliphatic rings. The van der Waals surface area contributed by atoms with Crippen LogP contribution in [0.2, 0.25) is 0 Å². The van der Waals surface area contributed by atoms with Crippen molar-refractivity contribution in [2.75, 3.05) is 24.9 Å². The Labute approximate surface area is 209 Å². The standard InChI is InChI=1S/C28H27N5O3/c1-17-9-7-10-19(15-17)25-24(27(34)30-22-13-5-6-14-23(22)36-4)18(2)29-28-31-26(32-33(25)28)20-11-8-12-21(16-20)35-3/h5-16,25H,1-4H3,(H,30,34)(H,29,31,32). The molecule has 0 saturated carbocycles. The van der Waals surface area contributed by atoms with E-state index in [1.54, 1.807) is 18.9 Å². The van der Waals surface area contributed by atoms with Crippen LogP contribution >= 0.6 is 0 Å². The maximum Gasteiger partial charge on any atom is 0.255 e. The third kappa shape index (κ3) is 4.29. The van der Waals surface area contributed by atoms with Gasteiger partial charge in [0, 0.05) is 11.3 Å². The number of hydrogen-bond donors (Lipinski definition) is 2. The normalized spacial score (nSPS) is 14.6. The Morgan fingerprint density at radius 1 is 0.972 bits per heavy atom. The lowest BCUT2D eigenvalue weighted by molar-refractivity contribution is -0.113. The highest BCUT2D eigenvalue weighted by Gasteiger charge is 2.34. The summed E-state index contributed by atoms with van der Waals surface area (Å²) in [6.07, 6.45) is 0. The van der Waals surface area contributed by atoms with Gasteiger partial charge in [0.1, 0.15) is 17.5 Å². The maximum atomic E-state index is 13.7. The number of amides is 1. The minimum Gasteiger partial charge on any atom is -0.497 e. The van der Waals surface area contributed by atoms with Gasteiger partial charge in [0.25, 0.3) is 5.91 Å². The van der Waals surface area contributed by atoms with Crippen molar-refractivity contribution in [2.45, 2.75) is 19.9 Å². The number of anilines is 2. The van der Waals surface area contributed by atoms with Crippen LogP contribution in [0.15, 0.2) is 84.1 Å². The van der Waals surface area contributed by atoms with E-state index in [1.165, 1.54) is 0 Å². The van der Waals surface area contributed by atoms with Crippen molar-refractivity contribution in [2.24, 2.45) is 0 Å². The second kappa shape index (κ2) is 9.58. The monoisotopic (exact) mass is 481 g/mol. The number of aryl methyl sites for hydroxylation is 1. The first-order valence-electron chi connectivity index (χ1n) is 11.6. The Hall–Kier alpha value is -4.59. The van der Waals surface area contributed by atoms with Gasteiger partial charge in [-0.05, 0) is 43.7 Å². The lowest BCUT2D eigenvalue weighted by Crippen LogP contribution is -2.31. The van der Waals surface area contributed by atoms with Gasteiger partial charge in [-0.25, -0.2) is 4.68 Å². The molecule has 8 heteroatoms. The quantitative estimate of drug-likeness (QED) is 0.394. The fraction of sp³-hybridized carbons (Fsp3) is 0.179. The van der Waals surface area contributed by atoms with Gasteiger partial charge in [0.05, 0.1) is 25.5 Å². The first-order valence-corrected chi connectivity index (χ1v) is 11.6. The molecule has 0 fully saturated rings. The Bertz CT molecular complexity index is 1470.